The molecule has 6 heteroatoms. The van der Waals surface area contributed by atoms with E-state index in [1.165, 1.54) is 4.31 Å². The summed E-state index contributed by atoms with van der Waals surface area (Å²) >= 11 is 0. The molecule has 1 heterocycles. The molecule has 0 fully saturated rings. The van der Waals surface area contributed by atoms with Crippen molar-refractivity contribution in [1.29, 1.82) is 0 Å². The van der Waals surface area contributed by atoms with Crippen molar-refractivity contribution in [2.75, 3.05) is 21.9 Å². The fourth-order valence-electron chi connectivity index (χ4n) is 3.14. The first-order chi connectivity index (χ1) is 12.5. The predicted molar refractivity (Wildman–Crippen MR) is 105 cm³/mol. The first kappa shape index (κ1) is 18.5. The van der Waals surface area contributed by atoms with E-state index in [2.05, 4.69) is 5.32 Å². The zero-order chi connectivity index (χ0) is 18.6. The number of carbonyl (C=O) groups is 1. The Balaban J connectivity index is 1.74. The highest BCUT2D eigenvalue weighted by atomic mass is 32.2. The Morgan fingerprint density at radius 1 is 1.15 bits per heavy atom. The second-order valence-corrected chi connectivity index (χ2v) is 8.56. The van der Waals surface area contributed by atoms with Gasteiger partial charge >= 0.3 is 0 Å². The molecule has 1 aliphatic rings. The van der Waals surface area contributed by atoms with Gasteiger partial charge in [-0.05, 0) is 36.1 Å². The summed E-state index contributed by atoms with van der Waals surface area (Å²) in [5.41, 5.74) is 3.27. The fraction of sp³-hybridized carbons (Fsp3) is 0.350. The molecule has 5 nitrogen and oxygen atoms in total. The monoisotopic (exact) mass is 372 g/mol. The van der Waals surface area contributed by atoms with Gasteiger partial charge in [-0.3, -0.25) is 9.10 Å². The first-order valence-electron chi connectivity index (χ1n) is 8.97. The number of hydrogen-bond acceptors (Lipinski definition) is 3. The summed E-state index contributed by atoms with van der Waals surface area (Å²) in [7, 11) is -3.31. The number of sulfonamides is 1. The highest BCUT2D eigenvalue weighted by molar-refractivity contribution is 7.92. The largest absolute Gasteiger partial charge is 0.326 e. The number of unbranched alkanes of at least 4 members (excludes halogenated alkanes) is 1. The van der Waals surface area contributed by atoms with E-state index in [0.29, 0.717) is 30.8 Å². The molecule has 0 saturated heterocycles. The Bertz CT molecular complexity index is 879. The molecule has 26 heavy (non-hydrogen) atoms. The molecular weight excluding hydrogens is 348 g/mol. The Hall–Kier alpha value is -2.34. The van der Waals surface area contributed by atoms with Crippen LogP contribution in [0.15, 0.2) is 48.5 Å². The first-order valence-corrected chi connectivity index (χ1v) is 10.6. The maximum absolute atomic E-state index is 12.6. The number of rotatable bonds is 7. The summed E-state index contributed by atoms with van der Waals surface area (Å²) in [6.45, 7) is 2.45. The van der Waals surface area contributed by atoms with Crippen molar-refractivity contribution in [3.05, 3.63) is 59.7 Å². The normalized spacial score (nSPS) is 13.5. The lowest BCUT2D eigenvalue weighted by Crippen LogP contribution is -2.31. The van der Waals surface area contributed by atoms with Gasteiger partial charge in [0.1, 0.15) is 0 Å². The molecule has 3 rings (SSSR count). The molecule has 0 spiro atoms. The standard InChI is InChI=1S/C20H24N2O3S/c1-2-3-13-26(24,25)22-12-11-17-9-10-18(15-19(17)22)21-20(23)14-16-7-5-4-6-8-16/h4-10,15H,2-3,11-14H2,1H3,(H,21,23). The topological polar surface area (TPSA) is 66.5 Å². The Kier molecular flexibility index (Phi) is 5.61. The lowest BCUT2D eigenvalue weighted by Gasteiger charge is -2.20. The van der Waals surface area contributed by atoms with Crippen LogP contribution in [0.4, 0.5) is 11.4 Å². The number of anilines is 2. The van der Waals surface area contributed by atoms with Crippen LogP contribution < -0.4 is 9.62 Å². The number of amides is 1. The van der Waals surface area contributed by atoms with Gasteiger partial charge in [0.25, 0.3) is 0 Å². The van der Waals surface area contributed by atoms with Gasteiger partial charge in [0.05, 0.1) is 17.9 Å². The van der Waals surface area contributed by atoms with Gasteiger partial charge in [-0.25, -0.2) is 8.42 Å². The molecule has 138 valence electrons. The van der Waals surface area contributed by atoms with Crippen LogP contribution in [0, 0.1) is 0 Å². The zero-order valence-corrected chi connectivity index (χ0v) is 15.8. The molecule has 0 radical (unpaired) electrons. The van der Waals surface area contributed by atoms with Gasteiger partial charge in [0, 0.05) is 12.2 Å². The number of nitrogens with one attached hydrogen (secondary N) is 1. The molecular formula is C20H24N2O3S. The second-order valence-electron chi connectivity index (χ2n) is 6.55. The maximum atomic E-state index is 12.6. The third kappa shape index (κ3) is 4.25. The van der Waals surface area contributed by atoms with Crippen molar-refractivity contribution in [2.24, 2.45) is 0 Å². The summed E-state index contributed by atoms with van der Waals surface area (Å²) in [5, 5.41) is 2.87. The number of carbonyl (C=O) groups excluding carboxylic acids is 1. The average molecular weight is 372 g/mol. The highest BCUT2D eigenvalue weighted by Crippen LogP contribution is 2.33. The van der Waals surface area contributed by atoms with Crippen molar-refractivity contribution in [3.63, 3.8) is 0 Å². The van der Waals surface area contributed by atoms with E-state index in [-0.39, 0.29) is 18.1 Å². The molecule has 0 unspecified atom stereocenters. The lowest BCUT2D eigenvalue weighted by atomic mass is 10.1. The number of nitrogens with zero attached hydrogens (tertiary/aromatic N) is 1. The van der Waals surface area contributed by atoms with E-state index >= 15 is 0 Å². The second kappa shape index (κ2) is 7.91. The number of fused-ring (bicyclic) bond motifs is 1. The summed E-state index contributed by atoms with van der Waals surface area (Å²) < 4.78 is 26.6. The molecule has 1 aliphatic heterocycles. The third-order valence-electron chi connectivity index (χ3n) is 4.52. The highest BCUT2D eigenvalue weighted by Gasteiger charge is 2.29. The van der Waals surface area contributed by atoms with Crippen LogP contribution in [0.1, 0.15) is 30.9 Å². The van der Waals surface area contributed by atoms with Gasteiger partial charge in [0.2, 0.25) is 15.9 Å². The lowest BCUT2D eigenvalue weighted by molar-refractivity contribution is -0.115. The molecule has 0 aromatic heterocycles. The summed E-state index contributed by atoms with van der Waals surface area (Å²) in [6.07, 6.45) is 2.49. The molecule has 2 aromatic rings. The molecule has 0 aliphatic carbocycles. The number of hydrogen-bond donors (Lipinski definition) is 1. The summed E-state index contributed by atoms with van der Waals surface area (Å²) in [6, 6.07) is 15.0. The van der Waals surface area contributed by atoms with E-state index in [0.717, 1.165) is 17.5 Å². The van der Waals surface area contributed by atoms with Gasteiger partial charge in [-0.2, -0.15) is 0 Å². The minimum absolute atomic E-state index is 0.116. The Morgan fingerprint density at radius 2 is 1.92 bits per heavy atom. The zero-order valence-electron chi connectivity index (χ0n) is 14.9. The molecule has 1 N–H and O–H groups in total. The van der Waals surface area contributed by atoms with Crippen LogP contribution in [0.25, 0.3) is 0 Å². The van der Waals surface area contributed by atoms with Gasteiger partial charge in [0.15, 0.2) is 0 Å². The Labute approximate surface area is 155 Å². The van der Waals surface area contributed by atoms with Crippen LogP contribution in [0.3, 0.4) is 0 Å². The van der Waals surface area contributed by atoms with Crippen molar-refractivity contribution in [3.8, 4) is 0 Å². The average Bonchev–Trinajstić information content (AvgIpc) is 3.05. The third-order valence-corrected chi connectivity index (χ3v) is 6.38. The molecule has 0 atom stereocenters. The van der Waals surface area contributed by atoms with Crippen LogP contribution in [0.2, 0.25) is 0 Å². The van der Waals surface area contributed by atoms with Crippen molar-refractivity contribution in [1.82, 2.24) is 0 Å². The van der Waals surface area contributed by atoms with Gasteiger partial charge in [-0.1, -0.05) is 49.7 Å². The van der Waals surface area contributed by atoms with Crippen molar-refractivity contribution >= 4 is 27.3 Å². The van der Waals surface area contributed by atoms with E-state index in [1.54, 1.807) is 6.07 Å². The maximum Gasteiger partial charge on any atom is 0.235 e. The van der Waals surface area contributed by atoms with Crippen LogP contribution in [-0.4, -0.2) is 26.6 Å². The molecule has 2 aromatic carbocycles. The Morgan fingerprint density at radius 3 is 2.65 bits per heavy atom. The smallest absolute Gasteiger partial charge is 0.235 e. The van der Waals surface area contributed by atoms with E-state index in [9.17, 15) is 13.2 Å². The molecule has 0 bridgehead atoms. The van der Waals surface area contributed by atoms with E-state index in [1.807, 2.05) is 49.4 Å². The summed E-state index contributed by atoms with van der Waals surface area (Å²) in [5.74, 6) is 0.0441. The van der Waals surface area contributed by atoms with E-state index < -0.39 is 10.0 Å². The van der Waals surface area contributed by atoms with Gasteiger partial charge in [-0.15, -0.1) is 0 Å². The van der Waals surface area contributed by atoms with Crippen LogP contribution in [0.5, 0.6) is 0 Å². The van der Waals surface area contributed by atoms with Crippen LogP contribution >= 0.6 is 0 Å². The summed E-state index contributed by atoms with van der Waals surface area (Å²) in [4.78, 5) is 12.3. The SMILES string of the molecule is CCCCS(=O)(=O)N1CCc2ccc(NC(=O)Cc3ccccc3)cc21. The minimum atomic E-state index is -3.31. The molecule has 0 saturated carbocycles. The predicted octanol–water partition coefficient (Wildman–Crippen LogP) is 3.36. The van der Waals surface area contributed by atoms with Gasteiger partial charge < -0.3 is 5.32 Å². The molecule has 1 amide bonds. The van der Waals surface area contributed by atoms with E-state index in [4.69, 9.17) is 0 Å². The fourth-order valence-corrected chi connectivity index (χ4v) is 4.85. The number of benzene rings is 2. The quantitative estimate of drug-likeness (QED) is 0.810. The van der Waals surface area contributed by atoms with Crippen LogP contribution in [-0.2, 0) is 27.7 Å². The van der Waals surface area contributed by atoms with Crippen molar-refractivity contribution < 1.29 is 13.2 Å². The minimum Gasteiger partial charge on any atom is -0.326 e. The van der Waals surface area contributed by atoms with Crippen molar-refractivity contribution in [2.45, 2.75) is 32.6 Å².